The molecule has 0 aliphatic heterocycles. The molecule has 0 spiro atoms. The number of rotatable bonds is 5. The highest BCUT2D eigenvalue weighted by atomic mass is 32.1. The maximum Gasteiger partial charge on any atom is 0.0794 e. The van der Waals surface area contributed by atoms with E-state index in [1.165, 1.54) is 37.0 Å². The molecule has 1 aromatic heterocycles. The Morgan fingerprint density at radius 3 is 2.93 bits per heavy atom. The Balaban J connectivity index is 1.81. The minimum absolute atomic E-state index is 0.647. The van der Waals surface area contributed by atoms with Crippen LogP contribution in [0.3, 0.4) is 0 Å². The van der Waals surface area contributed by atoms with Crippen molar-refractivity contribution >= 4 is 11.3 Å². The normalized spacial score (nSPS) is 19.5. The Kier molecular flexibility index (Phi) is 4.15. The molecular weight excluding hydrogens is 204 g/mol. The van der Waals surface area contributed by atoms with Crippen LogP contribution in [0.25, 0.3) is 0 Å². The second kappa shape index (κ2) is 5.61. The van der Waals surface area contributed by atoms with E-state index in [4.69, 9.17) is 0 Å². The molecule has 0 saturated heterocycles. The van der Waals surface area contributed by atoms with Crippen LogP contribution in [0.5, 0.6) is 0 Å². The number of nitrogens with zero attached hydrogens (tertiary/aromatic N) is 1. The lowest BCUT2D eigenvalue weighted by Crippen LogP contribution is -2.29. The van der Waals surface area contributed by atoms with E-state index in [2.05, 4.69) is 17.3 Å². The van der Waals surface area contributed by atoms with Crippen LogP contribution in [0.4, 0.5) is 0 Å². The van der Waals surface area contributed by atoms with E-state index in [-0.39, 0.29) is 0 Å². The van der Waals surface area contributed by atoms with Gasteiger partial charge in [0.25, 0.3) is 0 Å². The fourth-order valence-electron chi connectivity index (χ4n) is 2.54. The Hall–Kier alpha value is -0.410. The summed E-state index contributed by atoms with van der Waals surface area (Å²) in [5.41, 5.74) is 1.93. The molecule has 2 rings (SSSR count). The van der Waals surface area contributed by atoms with Gasteiger partial charge in [-0.25, -0.2) is 0 Å². The zero-order valence-electron chi connectivity index (χ0n) is 9.41. The number of hydrogen-bond acceptors (Lipinski definition) is 3. The summed E-state index contributed by atoms with van der Waals surface area (Å²) in [6.07, 6.45) is 10.3. The number of hydrogen-bond donors (Lipinski definition) is 1. The first-order valence-electron chi connectivity index (χ1n) is 5.93. The van der Waals surface area contributed by atoms with Gasteiger partial charge in [-0.3, -0.25) is 4.98 Å². The van der Waals surface area contributed by atoms with Crippen LogP contribution in [0.1, 0.15) is 37.0 Å². The van der Waals surface area contributed by atoms with Gasteiger partial charge in [0, 0.05) is 17.1 Å². The molecule has 1 saturated carbocycles. The van der Waals surface area contributed by atoms with Gasteiger partial charge in [0.05, 0.1) is 5.51 Å². The predicted molar refractivity (Wildman–Crippen MR) is 65.2 cm³/mol. The molecule has 3 heteroatoms. The first kappa shape index (κ1) is 11.1. The first-order chi connectivity index (χ1) is 7.38. The lowest BCUT2D eigenvalue weighted by molar-refractivity contribution is 0.404. The molecule has 0 aromatic carbocycles. The summed E-state index contributed by atoms with van der Waals surface area (Å²) in [6.45, 7) is 0. The van der Waals surface area contributed by atoms with Crippen LogP contribution >= 0.6 is 11.3 Å². The Morgan fingerprint density at radius 1 is 1.53 bits per heavy atom. The summed E-state index contributed by atoms with van der Waals surface area (Å²) in [5, 5.41) is 3.45. The predicted octanol–water partition coefficient (Wildman–Crippen LogP) is 2.85. The third kappa shape index (κ3) is 3.28. The van der Waals surface area contributed by atoms with Crippen molar-refractivity contribution in [3.05, 3.63) is 16.6 Å². The molecule has 0 radical (unpaired) electrons. The molecule has 1 heterocycles. The van der Waals surface area contributed by atoms with E-state index in [1.807, 2.05) is 11.7 Å². The summed E-state index contributed by atoms with van der Waals surface area (Å²) in [7, 11) is 2.08. The number of aromatic nitrogens is 1. The fraction of sp³-hybridized carbons (Fsp3) is 0.750. The van der Waals surface area contributed by atoms with Gasteiger partial charge >= 0.3 is 0 Å². The van der Waals surface area contributed by atoms with Crippen molar-refractivity contribution in [3.8, 4) is 0 Å². The second-order valence-electron chi connectivity index (χ2n) is 4.54. The van der Waals surface area contributed by atoms with Crippen LogP contribution in [0.2, 0.25) is 0 Å². The molecule has 1 fully saturated rings. The zero-order chi connectivity index (χ0) is 10.5. The molecule has 1 N–H and O–H groups in total. The van der Waals surface area contributed by atoms with Gasteiger partial charge in [-0.15, -0.1) is 11.3 Å². The molecule has 84 valence electrons. The molecular formula is C12H20N2S. The van der Waals surface area contributed by atoms with E-state index in [1.54, 1.807) is 11.3 Å². The van der Waals surface area contributed by atoms with Crippen LogP contribution in [0, 0.1) is 5.92 Å². The minimum atomic E-state index is 0.647. The van der Waals surface area contributed by atoms with Crippen molar-refractivity contribution in [2.24, 2.45) is 5.92 Å². The smallest absolute Gasteiger partial charge is 0.0794 e. The van der Waals surface area contributed by atoms with E-state index < -0.39 is 0 Å². The second-order valence-corrected chi connectivity index (χ2v) is 5.51. The third-order valence-electron chi connectivity index (χ3n) is 3.43. The summed E-state index contributed by atoms with van der Waals surface area (Å²) < 4.78 is 0. The summed E-state index contributed by atoms with van der Waals surface area (Å²) in [6, 6.07) is 0.647. The van der Waals surface area contributed by atoms with Crippen LogP contribution in [-0.4, -0.2) is 18.1 Å². The van der Waals surface area contributed by atoms with Gasteiger partial charge in [0.1, 0.15) is 0 Å². The van der Waals surface area contributed by atoms with Gasteiger partial charge in [-0.05, 0) is 25.8 Å². The average Bonchev–Trinajstić information content (AvgIpc) is 2.89. The average molecular weight is 224 g/mol. The topological polar surface area (TPSA) is 24.9 Å². The number of likely N-dealkylation sites (N-methyl/N-ethyl adjacent to an activating group) is 1. The monoisotopic (exact) mass is 224 g/mol. The van der Waals surface area contributed by atoms with E-state index in [9.17, 15) is 0 Å². The minimum Gasteiger partial charge on any atom is -0.317 e. The molecule has 1 aliphatic rings. The Morgan fingerprint density at radius 2 is 2.33 bits per heavy atom. The maximum atomic E-state index is 4.13. The Bertz CT molecular complexity index is 265. The van der Waals surface area contributed by atoms with Crippen molar-refractivity contribution in [1.82, 2.24) is 10.3 Å². The lowest BCUT2D eigenvalue weighted by Gasteiger charge is -2.19. The quantitative estimate of drug-likeness (QED) is 0.832. The van der Waals surface area contributed by atoms with E-state index >= 15 is 0 Å². The van der Waals surface area contributed by atoms with E-state index in [0.29, 0.717) is 6.04 Å². The summed E-state index contributed by atoms with van der Waals surface area (Å²) in [5.74, 6) is 0.968. The van der Waals surface area contributed by atoms with Crippen LogP contribution < -0.4 is 5.32 Å². The van der Waals surface area contributed by atoms with Crippen molar-refractivity contribution in [1.29, 1.82) is 0 Å². The summed E-state index contributed by atoms with van der Waals surface area (Å²) >= 11 is 1.77. The third-order valence-corrected chi connectivity index (χ3v) is 4.23. The highest BCUT2D eigenvalue weighted by Crippen LogP contribution is 2.29. The lowest BCUT2D eigenvalue weighted by atomic mass is 9.96. The van der Waals surface area contributed by atoms with Crippen molar-refractivity contribution < 1.29 is 0 Å². The molecule has 15 heavy (non-hydrogen) atoms. The SMILES string of the molecule is CNC(Cc1cncs1)CC1CCCC1. The molecule has 1 atom stereocenters. The maximum absolute atomic E-state index is 4.13. The molecule has 2 nitrogen and oxygen atoms in total. The fourth-order valence-corrected chi connectivity index (χ4v) is 3.21. The molecule has 1 unspecified atom stereocenters. The standard InChI is InChI=1S/C12H20N2S/c1-13-11(6-10-4-2-3-5-10)7-12-8-14-9-15-12/h8-11,13H,2-7H2,1H3. The molecule has 1 aromatic rings. The van der Waals surface area contributed by atoms with Crippen LogP contribution in [0.15, 0.2) is 11.7 Å². The zero-order valence-corrected chi connectivity index (χ0v) is 10.2. The van der Waals surface area contributed by atoms with Crippen LogP contribution in [-0.2, 0) is 6.42 Å². The van der Waals surface area contributed by atoms with Gasteiger partial charge in [-0.1, -0.05) is 25.7 Å². The number of nitrogens with one attached hydrogen (secondary N) is 1. The van der Waals surface area contributed by atoms with Gasteiger partial charge in [0.15, 0.2) is 0 Å². The number of thiazole rings is 1. The Labute approximate surface area is 96.1 Å². The van der Waals surface area contributed by atoms with Crippen molar-refractivity contribution in [2.75, 3.05) is 7.05 Å². The van der Waals surface area contributed by atoms with Gasteiger partial charge in [0.2, 0.25) is 0 Å². The van der Waals surface area contributed by atoms with E-state index in [0.717, 1.165) is 12.3 Å². The van der Waals surface area contributed by atoms with Crippen molar-refractivity contribution in [3.63, 3.8) is 0 Å². The highest BCUT2D eigenvalue weighted by molar-refractivity contribution is 7.09. The van der Waals surface area contributed by atoms with Gasteiger partial charge in [-0.2, -0.15) is 0 Å². The van der Waals surface area contributed by atoms with Crippen molar-refractivity contribution in [2.45, 2.75) is 44.6 Å². The molecule has 0 bridgehead atoms. The largest absolute Gasteiger partial charge is 0.317 e. The molecule has 0 amide bonds. The first-order valence-corrected chi connectivity index (χ1v) is 6.81. The summed E-state index contributed by atoms with van der Waals surface area (Å²) in [4.78, 5) is 5.54. The highest BCUT2D eigenvalue weighted by Gasteiger charge is 2.19. The molecule has 1 aliphatic carbocycles. The van der Waals surface area contributed by atoms with Gasteiger partial charge < -0.3 is 5.32 Å².